The van der Waals surface area contributed by atoms with Crippen LogP contribution >= 0.6 is 0 Å². The standard InChI is InChI=1S/C16H24FN3O/c17-15-3-1-2-4-16(15)20-9-7-19(8-10-20)12-14(21)11-18-13-5-6-13/h1-4,13-14,18,21H,5-12H2. The van der Waals surface area contributed by atoms with Gasteiger partial charge in [0.2, 0.25) is 0 Å². The fourth-order valence-corrected chi connectivity index (χ4v) is 2.83. The summed E-state index contributed by atoms with van der Waals surface area (Å²) in [5.74, 6) is -0.153. The average molecular weight is 293 g/mol. The monoisotopic (exact) mass is 293 g/mol. The molecule has 1 aromatic rings. The number of benzene rings is 1. The van der Waals surface area contributed by atoms with E-state index < -0.39 is 0 Å². The molecular formula is C16H24FN3O. The number of hydrogen-bond donors (Lipinski definition) is 2. The number of para-hydroxylation sites is 1. The van der Waals surface area contributed by atoms with Crippen molar-refractivity contribution in [3.05, 3.63) is 30.1 Å². The number of piperazine rings is 1. The summed E-state index contributed by atoms with van der Waals surface area (Å²) >= 11 is 0. The predicted octanol–water partition coefficient (Wildman–Crippen LogP) is 1.06. The second kappa shape index (κ2) is 6.73. The molecule has 0 bridgehead atoms. The van der Waals surface area contributed by atoms with Crippen molar-refractivity contribution < 1.29 is 9.50 Å². The summed E-state index contributed by atoms with van der Waals surface area (Å²) in [7, 11) is 0. The number of aliphatic hydroxyl groups excluding tert-OH is 1. The van der Waals surface area contributed by atoms with E-state index in [1.54, 1.807) is 6.07 Å². The van der Waals surface area contributed by atoms with E-state index >= 15 is 0 Å². The summed E-state index contributed by atoms with van der Waals surface area (Å²) < 4.78 is 13.8. The first-order valence-electron chi connectivity index (χ1n) is 7.85. The molecule has 0 spiro atoms. The lowest BCUT2D eigenvalue weighted by Crippen LogP contribution is -2.50. The first-order chi connectivity index (χ1) is 10.2. The minimum Gasteiger partial charge on any atom is -0.390 e. The summed E-state index contributed by atoms with van der Waals surface area (Å²) in [6, 6.07) is 7.57. The van der Waals surface area contributed by atoms with E-state index in [1.165, 1.54) is 18.9 Å². The number of halogens is 1. The lowest BCUT2D eigenvalue weighted by atomic mass is 10.2. The van der Waals surface area contributed by atoms with Gasteiger partial charge in [-0.15, -0.1) is 0 Å². The van der Waals surface area contributed by atoms with Crippen molar-refractivity contribution in [2.75, 3.05) is 44.2 Å². The molecule has 116 valence electrons. The summed E-state index contributed by atoms with van der Waals surface area (Å²) in [5.41, 5.74) is 0.688. The van der Waals surface area contributed by atoms with Crippen LogP contribution in [0.5, 0.6) is 0 Å². The van der Waals surface area contributed by atoms with Gasteiger partial charge in [-0.1, -0.05) is 12.1 Å². The molecule has 2 fully saturated rings. The zero-order valence-electron chi connectivity index (χ0n) is 12.3. The third-order valence-corrected chi connectivity index (χ3v) is 4.25. The molecule has 2 aliphatic rings. The Hall–Kier alpha value is -1.17. The number of aliphatic hydroxyl groups is 1. The zero-order valence-corrected chi connectivity index (χ0v) is 12.3. The van der Waals surface area contributed by atoms with Gasteiger partial charge in [-0.3, -0.25) is 4.90 Å². The highest BCUT2D eigenvalue weighted by molar-refractivity contribution is 5.47. The van der Waals surface area contributed by atoms with Crippen LogP contribution in [0.4, 0.5) is 10.1 Å². The summed E-state index contributed by atoms with van der Waals surface area (Å²) in [6.07, 6.45) is 2.17. The molecule has 1 heterocycles. The molecule has 1 saturated heterocycles. The Morgan fingerprint density at radius 2 is 1.90 bits per heavy atom. The molecule has 0 amide bonds. The molecule has 0 aromatic heterocycles. The summed E-state index contributed by atoms with van der Waals surface area (Å²) in [6.45, 7) is 4.74. The fourth-order valence-electron chi connectivity index (χ4n) is 2.83. The molecule has 1 aliphatic carbocycles. The Morgan fingerprint density at radius 1 is 1.19 bits per heavy atom. The number of nitrogens with one attached hydrogen (secondary N) is 1. The second-order valence-corrected chi connectivity index (χ2v) is 6.08. The second-order valence-electron chi connectivity index (χ2n) is 6.08. The van der Waals surface area contributed by atoms with Gasteiger partial charge in [0.15, 0.2) is 0 Å². The van der Waals surface area contributed by atoms with Crippen LogP contribution in [0.25, 0.3) is 0 Å². The molecule has 1 saturated carbocycles. The number of anilines is 1. The van der Waals surface area contributed by atoms with E-state index in [2.05, 4.69) is 15.1 Å². The Morgan fingerprint density at radius 3 is 2.57 bits per heavy atom. The smallest absolute Gasteiger partial charge is 0.146 e. The van der Waals surface area contributed by atoms with Gasteiger partial charge in [-0.2, -0.15) is 0 Å². The van der Waals surface area contributed by atoms with Crippen molar-refractivity contribution in [1.82, 2.24) is 10.2 Å². The quantitative estimate of drug-likeness (QED) is 0.823. The minimum atomic E-state index is -0.314. The Balaban J connectivity index is 1.43. The number of nitrogens with zero attached hydrogens (tertiary/aromatic N) is 2. The van der Waals surface area contributed by atoms with Crippen molar-refractivity contribution in [1.29, 1.82) is 0 Å². The van der Waals surface area contributed by atoms with E-state index in [-0.39, 0.29) is 11.9 Å². The van der Waals surface area contributed by atoms with Crippen molar-refractivity contribution in [2.24, 2.45) is 0 Å². The Bertz CT molecular complexity index is 459. The molecule has 4 nitrogen and oxygen atoms in total. The molecule has 21 heavy (non-hydrogen) atoms. The van der Waals surface area contributed by atoms with Gasteiger partial charge >= 0.3 is 0 Å². The normalized spacial score (nSPS) is 21.5. The topological polar surface area (TPSA) is 38.7 Å². The van der Waals surface area contributed by atoms with E-state index in [0.29, 0.717) is 24.8 Å². The van der Waals surface area contributed by atoms with Crippen LogP contribution in [0.2, 0.25) is 0 Å². The van der Waals surface area contributed by atoms with Gasteiger partial charge in [0.1, 0.15) is 5.82 Å². The average Bonchev–Trinajstić information content (AvgIpc) is 3.31. The van der Waals surface area contributed by atoms with E-state index in [0.717, 1.165) is 26.2 Å². The summed E-state index contributed by atoms with van der Waals surface area (Å²) in [5, 5.41) is 13.4. The third kappa shape index (κ3) is 4.15. The van der Waals surface area contributed by atoms with Crippen LogP contribution < -0.4 is 10.2 Å². The van der Waals surface area contributed by atoms with Crippen LogP contribution in [-0.4, -0.2) is 61.4 Å². The number of rotatable bonds is 6. The summed E-state index contributed by atoms with van der Waals surface area (Å²) in [4.78, 5) is 4.34. The molecular weight excluding hydrogens is 269 g/mol. The molecule has 5 heteroatoms. The lowest BCUT2D eigenvalue weighted by molar-refractivity contribution is 0.107. The van der Waals surface area contributed by atoms with Gasteiger partial charge in [0.25, 0.3) is 0 Å². The molecule has 2 N–H and O–H groups in total. The highest BCUT2D eigenvalue weighted by atomic mass is 19.1. The van der Waals surface area contributed by atoms with Crippen LogP contribution in [-0.2, 0) is 0 Å². The van der Waals surface area contributed by atoms with Crippen LogP contribution in [0.3, 0.4) is 0 Å². The Kier molecular flexibility index (Phi) is 4.73. The first-order valence-corrected chi connectivity index (χ1v) is 7.85. The molecule has 1 unspecified atom stereocenters. The zero-order chi connectivity index (χ0) is 14.7. The Labute approximate surface area is 125 Å². The molecule has 3 rings (SSSR count). The third-order valence-electron chi connectivity index (χ3n) is 4.25. The van der Waals surface area contributed by atoms with Crippen molar-refractivity contribution in [2.45, 2.75) is 25.0 Å². The van der Waals surface area contributed by atoms with Crippen LogP contribution in [0.15, 0.2) is 24.3 Å². The van der Waals surface area contributed by atoms with Gasteiger partial charge in [0.05, 0.1) is 11.8 Å². The fraction of sp³-hybridized carbons (Fsp3) is 0.625. The minimum absolute atomic E-state index is 0.153. The van der Waals surface area contributed by atoms with Gasteiger partial charge in [0, 0.05) is 45.3 Å². The van der Waals surface area contributed by atoms with E-state index in [9.17, 15) is 9.50 Å². The molecule has 1 aromatic carbocycles. The van der Waals surface area contributed by atoms with Crippen molar-refractivity contribution >= 4 is 5.69 Å². The van der Waals surface area contributed by atoms with E-state index in [4.69, 9.17) is 0 Å². The van der Waals surface area contributed by atoms with Crippen molar-refractivity contribution in [3.8, 4) is 0 Å². The maximum Gasteiger partial charge on any atom is 0.146 e. The lowest BCUT2D eigenvalue weighted by Gasteiger charge is -2.37. The maximum absolute atomic E-state index is 13.8. The number of β-amino-alcohol motifs (C(OH)–C–C–N with tert-alkyl or cyclic N) is 1. The van der Waals surface area contributed by atoms with Gasteiger partial charge < -0.3 is 15.3 Å². The predicted molar refractivity (Wildman–Crippen MR) is 82.1 cm³/mol. The largest absolute Gasteiger partial charge is 0.390 e. The number of hydrogen-bond acceptors (Lipinski definition) is 4. The van der Waals surface area contributed by atoms with Gasteiger partial charge in [-0.05, 0) is 25.0 Å². The first kappa shape index (κ1) is 14.8. The highest BCUT2D eigenvalue weighted by Crippen LogP contribution is 2.20. The SMILES string of the molecule is OC(CNC1CC1)CN1CCN(c2ccccc2F)CC1. The highest BCUT2D eigenvalue weighted by Gasteiger charge is 2.23. The van der Waals surface area contributed by atoms with E-state index in [1.807, 2.05) is 12.1 Å². The molecule has 1 aliphatic heterocycles. The molecule has 1 atom stereocenters. The maximum atomic E-state index is 13.8. The van der Waals surface area contributed by atoms with Crippen LogP contribution in [0, 0.1) is 5.82 Å². The van der Waals surface area contributed by atoms with Crippen LogP contribution in [0.1, 0.15) is 12.8 Å². The van der Waals surface area contributed by atoms with Crippen molar-refractivity contribution in [3.63, 3.8) is 0 Å². The van der Waals surface area contributed by atoms with Gasteiger partial charge in [-0.25, -0.2) is 4.39 Å². The molecule has 0 radical (unpaired) electrons.